The molecule has 1 fully saturated rings. The van der Waals surface area contributed by atoms with Crippen LogP contribution in [0.4, 0.5) is 0 Å². The number of benzene rings is 1. The Kier molecular flexibility index (Phi) is 6.41. The van der Waals surface area contributed by atoms with Crippen molar-refractivity contribution >= 4 is 21.6 Å². The second-order valence-corrected chi connectivity index (χ2v) is 8.73. The maximum Gasteiger partial charge on any atom is 0.261 e. The van der Waals surface area contributed by atoms with Crippen LogP contribution in [-0.4, -0.2) is 49.6 Å². The molecule has 3 rings (SSSR count). The molecule has 1 aliphatic rings. The lowest BCUT2D eigenvalue weighted by Gasteiger charge is -2.35. The summed E-state index contributed by atoms with van der Waals surface area (Å²) in [6.07, 6.45) is 4.83. The molecule has 1 N–H and O–H groups in total. The first-order valence-electron chi connectivity index (χ1n) is 8.97. The highest BCUT2D eigenvalue weighted by atomic mass is 35.5. The number of imidazole rings is 1. The third-order valence-electron chi connectivity index (χ3n) is 4.89. The van der Waals surface area contributed by atoms with Gasteiger partial charge in [0, 0.05) is 19.6 Å². The highest BCUT2D eigenvalue weighted by Gasteiger charge is 2.27. The van der Waals surface area contributed by atoms with Crippen molar-refractivity contribution in [2.45, 2.75) is 30.3 Å². The molecule has 1 saturated heterocycles. The molecule has 148 valence electrons. The van der Waals surface area contributed by atoms with Gasteiger partial charge in [0.25, 0.3) is 10.0 Å². The van der Waals surface area contributed by atoms with Gasteiger partial charge < -0.3 is 9.30 Å². The fourth-order valence-electron chi connectivity index (χ4n) is 3.34. The summed E-state index contributed by atoms with van der Waals surface area (Å²) in [7, 11) is -0.508. The fourth-order valence-corrected chi connectivity index (χ4v) is 4.81. The molecule has 7 nitrogen and oxygen atoms in total. The van der Waals surface area contributed by atoms with Crippen LogP contribution in [-0.2, 0) is 17.1 Å². The van der Waals surface area contributed by atoms with Crippen LogP contribution in [0.2, 0.25) is 5.15 Å². The minimum atomic E-state index is -3.79. The van der Waals surface area contributed by atoms with E-state index in [-0.39, 0.29) is 22.8 Å². The van der Waals surface area contributed by atoms with E-state index in [1.165, 1.54) is 17.3 Å². The van der Waals surface area contributed by atoms with Crippen molar-refractivity contribution in [1.82, 2.24) is 19.2 Å². The van der Waals surface area contributed by atoms with Crippen LogP contribution in [0.15, 0.2) is 35.6 Å². The normalized spacial score (nSPS) is 17.0. The summed E-state index contributed by atoms with van der Waals surface area (Å²) >= 11 is 6.06. The fraction of sp³-hybridized carbons (Fsp3) is 0.500. The maximum absolute atomic E-state index is 12.7. The van der Waals surface area contributed by atoms with Gasteiger partial charge in [0.15, 0.2) is 0 Å². The molecule has 0 radical (unpaired) electrons. The number of nitrogens with one attached hydrogen (secondary N) is 1. The highest BCUT2D eigenvalue weighted by Crippen LogP contribution is 2.27. The number of methoxy groups -OCH3 is 1. The summed E-state index contributed by atoms with van der Waals surface area (Å²) < 4.78 is 34.7. The van der Waals surface area contributed by atoms with Gasteiger partial charge in [0.1, 0.15) is 10.9 Å². The van der Waals surface area contributed by atoms with E-state index in [0.29, 0.717) is 0 Å². The van der Waals surface area contributed by atoms with Crippen LogP contribution >= 0.6 is 11.6 Å². The van der Waals surface area contributed by atoms with Crippen molar-refractivity contribution in [1.29, 1.82) is 0 Å². The van der Waals surface area contributed by atoms with E-state index in [2.05, 4.69) is 14.6 Å². The average molecular weight is 413 g/mol. The molecule has 2 heterocycles. The van der Waals surface area contributed by atoms with E-state index in [1.807, 2.05) is 24.3 Å². The third-order valence-corrected chi connectivity index (χ3v) is 6.80. The van der Waals surface area contributed by atoms with Gasteiger partial charge in [0.2, 0.25) is 5.03 Å². The number of nitrogens with zero attached hydrogens (tertiary/aromatic N) is 3. The van der Waals surface area contributed by atoms with Gasteiger partial charge in [-0.3, -0.25) is 4.90 Å². The Morgan fingerprint density at radius 3 is 2.44 bits per heavy atom. The molecule has 0 saturated carbocycles. The zero-order valence-electron chi connectivity index (χ0n) is 15.6. The van der Waals surface area contributed by atoms with E-state index in [4.69, 9.17) is 16.3 Å². The molecular weight excluding hydrogens is 388 g/mol. The van der Waals surface area contributed by atoms with Crippen molar-refractivity contribution in [3.8, 4) is 5.75 Å². The number of hydrogen-bond donors (Lipinski definition) is 1. The highest BCUT2D eigenvalue weighted by molar-refractivity contribution is 7.89. The van der Waals surface area contributed by atoms with Gasteiger partial charge in [-0.15, -0.1) is 0 Å². The van der Waals surface area contributed by atoms with Gasteiger partial charge in [-0.2, -0.15) is 0 Å². The molecule has 1 unspecified atom stereocenters. The number of likely N-dealkylation sites (tertiary alicyclic amines) is 1. The largest absolute Gasteiger partial charge is 0.497 e. The Balaban J connectivity index is 1.81. The average Bonchev–Trinajstić information content (AvgIpc) is 3.03. The summed E-state index contributed by atoms with van der Waals surface area (Å²) in [6, 6.07) is 7.71. The van der Waals surface area contributed by atoms with Crippen molar-refractivity contribution in [2.75, 3.05) is 26.7 Å². The zero-order valence-corrected chi connectivity index (χ0v) is 17.1. The summed E-state index contributed by atoms with van der Waals surface area (Å²) in [5, 5.41) is -0.0414. The first kappa shape index (κ1) is 20.1. The van der Waals surface area contributed by atoms with Crippen molar-refractivity contribution in [2.24, 2.45) is 7.05 Å². The smallest absolute Gasteiger partial charge is 0.261 e. The first-order valence-corrected chi connectivity index (χ1v) is 10.8. The standard InChI is InChI=1S/C18H25ClN4O3S/c1-22-13-20-18(17(22)19)27(24,25)21-12-16(23-10-4-3-5-11-23)14-6-8-15(26-2)9-7-14/h6-9,13,16,21H,3-5,10-12H2,1-2H3. The predicted molar refractivity (Wildman–Crippen MR) is 105 cm³/mol. The number of halogens is 1. The summed E-state index contributed by atoms with van der Waals surface area (Å²) in [4.78, 5) is 6.25. The van der Waals surface area contributed by atoms with E-state index in [0.717, 1.165) is 37.2 Å². The van der Waals surface area contributed by atoms with E-state index >= 15 is 0 Å². The van der Waals surface area contributed by atoms with Gasteiger partial charge in [-0.05, 0) is 43.6 Å². The number of aryl methyl sites for hydroxylation is 1. The van der Waals surface area contributed by atoms with Crippen LogP contribution < -0.4 is 9.46 Å². The molecule has 1 aromatic carbocycles. The van der Waals surface area contributed by atoms with E-state index in [1.54, 1.807) is 14.2 Å². The SMILES string of the molecule is COc1ccc(C(CNS(=O)(=O)c2ncn(C)c2Cl)N2CCCCC2)cc1. The number of rotatable bonds is 7. The Morgan fingerprint density at radius 1 is 1.22 bits per heavy atom. The van der Waals surface area contributed by atoms with E-state index < -0.39 is 10.0 Å². The van der Waals surface area contributed by atoms with Gasteiger partial charge in [-0.1, -0.05) is 30.2 Å². The minimum absolute atomic E-state index is 0.0616. The lowest BCUT2D eigenvalue weighted by atomic mass is 10.0. The maximum atomic E-state index is 12.7. The lowest BCUT2D eigenvalue weighted by Crippen LogP contribution is -2.40. The summed E-state index contributed by atoms with van der Waals surface area (Å²) in [5.41, 5.74) is 1.05. The minimum Gasteiger partial charge on any atom is -0.497 e. The topological polar surface area (TPSA) is 76.5 Å². The van der Waals surface area contributed by atoms with Gasteiger partial charge in [-0.25, -0.2) is 18.1 Å². The van der Waals surface area contributed by atoms with Gasteiger partial charge >= 0.3 is 0 Å². The molecule has 27 heavy (non-hydrogen) atoms. The number of sulfonamides is 1. The zero-order chi connectivity index (χ0) is 19.4. The second-order valence-electron chi connectivity index (χ2n) is 6.69. The van der Waals surface area contributed by atoms with Crippen LogP contribution in [0.3, 0.4) is 0 Å². The van der Waals surface area contributed by atoms with Crippen molar-refractivity contribution in [3.63, 3.8) is 0 Å². The van der Waals surface area contributed by atoms with Crippen LogP contribution in [0.5, 0.6) is 5.75 Å². The number of aromatic nitrogens is 2. The molecule has 1 atom stereocenters. The van der Waals surface area contributed by atoms with Crippen LogP contribution in [0.1, 0.15) is 30.9 Å². The van der Waals surface area contributed by atoms with Crippen molar-refractivity contribution < 1.29 is 13.2 Å². The Bertz CT molecular complexity index is 861. The first-order chi connectivity index (χ1) is 12.9. The monoisotopic (exact) mass is 412 g/mol. The predicted octanol–water partition coefficient (Wildman–Crippen LogP) is 2.59. The molecule has 2 aromatic rings. The van der Waals surface area contributed by atoms with Crippen molar-refractivity contribution in [3.05, 3.63) is 41.3 Å². The van der Waals surface area contributed by atoms with Gasteiger partial charge in [0.05, 0.1) is 13.4 Å². The molecule has 0 bridgehead atoms. The number of ether oxygens (including phenoxy) is 1. The number of hydrogen-bond acceptors (Lipinski definition) is 5. The second kappa shape index (κ2) is 8.60. The molecule has 9 heteroatoms. The Labute approximate surface area is 165 Å². The Hall–Kier alpha value is -1.61. The van der Waals surface area contributed by atoms with Crippen LogP contribution in [0, 0.1) is 0 Å². The molecular formula is C18H25ClN4O3S. The third kappa shape index (κ3) is 4.63. The summed E-state index contributed by atoms with van der Waals surface area (Å²) in [5.74, 6) is 0.775. The van der Waals surface area contributed by atoms with E-state index in [9.17, 15) is 8.42 Å². The van der Waals surface area contributed by atoms with Crippen LogP contribution in [0.25, 0.3) is 0 Å². The quantitative estimate of drug-likeness (QED) is 0.756. The Morgan fingerprint density at radius 2 is 1.89 bits per heavy atom. The molecule has 0 spiro atoms. The number of piperidine rings is 1. The molecule has 1 aliphatic heterocycles. The lowest BCUT2D eigenvalue weighted by molar-refractivity contribution is 0.164. The molecule has 0 aliphatic carbocycles. The summed E-state index contributed by atoms with van der Waals surface area (Å²) in [6.45, 7) is 2.15. The molecule has 1 aromatic heterocycles. The molecule has 0 amide bonds.